The van der Waals surface area contributed by atoms with Crippen molar-refractivity contribution in [3.63, 3.8) is 0 Å². The van der Waals surface area contributed by atoms with Crippen molar-refractivity contribution in [1.29, 1.82) is 0 Å². The fourth-order valence-corrected chi connectivity index (χ4v) is 2.05. The van der Waals surface area contributed by atoms with Gasteiger partial charge in [0.25, 0.3) is 0 Å². The number of aryl methyl sites for hydroxylation is 1. The molecule has 0 aliphatic rings. The highest BCUT2D eigenvalue weighted by Crippen LogP contribution is 2.06. The highest BCUT2D eigenvalue weighted by molar-refractivity contribution is 7.99. The van der Waals surface area contributed by atoms with Crippen LogP contribution in [0.3, 0.4) is 0 Å². The van der Waals surface area contributed by atoms with Gasteiger partial charge in [0, 0.05) is 0 Å². The molecule has 0 spiro atoms. The van der Waals surface area contributed by atoms with E-state index in [9.17, 15) is 9.59 Å². The van der Waals surface area contributed by atoms with Crippen molar-refractivity contribution in [2.45, 2.75) is 6.42 Å². The number of hydrogen-bond donors (Lipinski definition) is 2. The maximum atomic E-state index is 11.2. The molecule has 4 nitrogen and oxygen atoms in total. The number of amides is 2. The molecule has 0 aliphatic heterocycles. The summed E-state index contributed by atoms with van der Waals surface area (Å²) < 4.78 is 0. The first-order valence-electron chi connectivity index (χ1n) is 5.35. The number of nitrogens with one attached hydrogen (secondary N) is 1. The Labute approximate surface area is 105 Å². The minimum atomic E-state index is -0.521. The molecule has 0 atom stereocenters. The van der Waals surface area contributed by atoms with Gasteiger partial charge < -0.3 is 11.1 Å². The molecule has 5 heteroatoms. The lowest BCUT2D eigenvalue weighted by Crippen LogP contribution is -2.34. The Kier molecular flexibility index (Phi) is 6.17. The monoisotopic (exact) mass is 252 g/mol. The van der Waals surface area contributed by atoms with E-state index in [-0.39, 0.29) is 12.5 Å². The van der Waals surface area contributed by atoms with E-state index < -0.39 is 5.91 Å². The molecule has 0 saturated heterocycles. The molecule has 17 heavy (non-hydrogen) atoms. The zero-order chi connectivity index (χ0) is 12.5. The molecular weight excluding hydrogens is 236 g/mol. The number of nitrogens with two attached hydrogens (primary N) is 1. The normalized spacial score (nSPS) is 9.88. The number of primary amides is 1. The molecule has 92 valence electrons. The van der Waals surface area contributed by atoms with Crippen molar-refractivity contribution in [3.8, 4) is 0 Å². The van der Waals surface area contributed by atoms with Crippen LogP contribution in [-0.2, 0) is 16.0 Å². The first kappa shape index (κ1) is 13.6. The standard InChI is InChI=1S/C12H16N2O2S/c13-11(15)8-14-12(16)9-17-7-6-10-4-2-1-3-5-10/h1-5H,6-9H2,(H2,13,15)(H,14,16). The van der Waals surface area contributed by atoms with E-state index in [0.29, 0.717) is 5.75 Å². The number of carbonyl (C=O) groups excluding carboxylic acids is 2. The third kappa shape index (κ3) is 6.63. The zero-order valence-corrected chi connectivity index (χ0v) is 10.3. The van der Waals surface area contributed by atoms with E-state index in [2.05, 4.69) is 17.4 Å². The number of rotatable bonds is 7. The quantitative estimate of drug-likeness (QED) is 0.697. The second-order valence-electron chi connectivity index (χ2n) is 3.53. The molecule has 1 rings (SSSR count). The Hall–Kier alpha value is -1.49. The van der Waals surface area contributed by atoms with Gasteiger partial charge in [-0.2, -0.15) is 11.8 Å². The highest BCUT2D eigenvalue weighted by Gasteiger charge is 2.02. The second-order valence-corrected chi connectivity index (χ2v) is 4.64. The van der Waals surface area contributed by atoms with E-state index in [4.69, 9.17) is 5.73 Å². The maximum Gasteiger partial charge on any atom is 0.236 e. The Bertz CT molecular complexity index is 368. The summed E-state index contributed by atoms with van der Waals surface area (Å²) in [6, 6.07) is 10.1. The van der Waals surface area contributed by atoms with E-state index in [1.165, 1.54) is 5.56 Å². The molecule has 0 saturated carbocycles. The van der Waals surface area contributed by atoms with Crippen molar-refractivity contribution >= 4 is 23.6 Å². The summed E-state index contributed by atoms with van der Waals surface area (Å²) in [6.45, 7) is -0.0852. The first-order valence-corrected chi connectivity index (χ1v) is 6.50. The number of hydrogen-bond acceptors (Lipinski definition) is 3. The molecule has 0 unspecified atom stereocenters. The summed E-state index contributed by atoms with van der Waals surface area (Å²) >= 11 is 1.54. The van der Waals surface area contributed by atoms with Gasteiger partial charge >= 0.3 is 0 Å². The predicted molar refractivity (Wildman–Crippen MR) is 69.7 cm³/mol. The summed E-state index contributed by atoms with van der Waals surface area (Å²) in [7, 11) is 0. The van der Waals surface area contributed by atoms with Crippen LogP contribution in [0.4, 0.5) is 0 Å². The largest absolute Gasteiger partial charge is 0.368 e. The van der Waals surface area contributed by atoms with Crippen LogP contribution < -0.4 is 11.1 Å². The third-order valence-electron chi connectivity index (χ3n) is 2.07. The van der Waals surface area contributed by atoms with Gasteiger partial charge in [0.2, 0.25) is 11.8 Å². The van der Waals surface area contributed by atoms with Crippen LogP contribution in [0.25, 0.3) is 0 Å². The topological polar surface area (TPSA) is 72.2 Å². The summed E-state index contributed by atoms with van der Waals surface area (Å²) in [5.41, 5.74) is 6.17. The molecule has 0 aromatic heterocycles. The van der Waals surface area contributed by atoms with Crippen LogP contribution in [0.15, 0.2) is 30.3 Å². The fourth-order valence-electron chi connectivity index (χ4n) is 1.24. The number of carbonyl (C=O) groups is 2. The Balaban J connectivity index is 2.08. The van der Waals surface area contributed by atoms with E-state index in [1.807, 2.05) is 18.2 Å². The van der Waals surface area contributed by atoms with Crippen molar-refractivity contribution in [1.82, 2.24) is 5.32 Å². The molecule has 1 aromatic carbocycles. The van der Waals surface area contributed by atoms with Gasteiger partial charge in [-0.3, -0.25) is 9.59 Å². The smallest absolute Gasteiger partial charge is 0.236 e. The van der Waals surface area contributed by atoms with Crippen LogP contribution in [-0.4, -0.2) is 29.9 Å². The second kappa shape index (κ2) is 7.73. The lowest BCUT2D eigenvalue weighted by molar-refractivity contribution is -0.123. The van der Waals surface area contributed by atoms with Crippen LogP contribution in [0.5, 0.6) is 0 Å². The maximum absolute atomic E-state index is 11.2. The van der Waals surface area contributed by atoms with Crippen molar-refractivity contribution < 1.29 is 9.59 Å². The average molecular weight is 252 g/mol. The molecule has 1 aromatic rings. The summed E-state index contributed by atoms with van der Waals surface area (Å²) in [5.74, 6) is 0.572. The Morgan fingerprint density at radius 2 is 1.94 bits per heavy atom. The van der Waals surface area contributed by atoms with Crippen LogP contribution in [0.2, 0.25) is 0 Å². The summed E-state index contributed by atoms with van der Waals surface area (Å²) in [6.07, 6.45) is 0.939. The van der Waals surface area contributed by atoms with Gasteiger partial charge in [0.1, 0.15) is 0 Å². The molecule has 0 heterocycles. The van der Waals surface area contributed by atoms with Gasteiger partial charge in [0.05, 0.1) is 12.3 Å². The van der Waals surface area contributed by atoms with Gasteiger partial charge in [0.15, 0.2) is 0 Å². The summed E-state index contributed by atoms with van der Waals surface area (Å²) in [4.78, 5) is 21.6. The van der Waals surface area contributed by atoms with Crippen molar-refractivity contribution in [3.05, 3.63) is 35.9 Å². The number of benzene rings is 1. The average Bonchev–Trinajstić information content (AvgIpc) is 2.33. The lowest BCUT2D eigenvalue weighted by Gasteiger charge is -2.03. The predicted octanol–water partition coefficient (Wildman–Crippen LogP) is 0.564. The minimum Gasteiger partial charge on any atom is -0.368 e. The third-order valence-corrected chi connectivity index (χ3v) is 3.03. The molecular formula is C12H16N2O2S. The van der Waals surface area contributed by atoms with Crippen molar-refractivity contribution in [2.24, 2.45) is 5.73 Å². The van der Waals surface area contributed by atoms with Crippen LogP contribution in [0, 0.1) is 0 Å². The molecule has 0 bridgehead atoms. The molecule has 3 N–H and O–H groups in total. The Morgan fingerprint density at radius 1 is 1.24 bits per heavy atom. The molecule has 0 fully saturated rings. The van der Waals surface area contributed by atoms with Crippen molar-refractivity contribution in [2.75, 3.05) is 18.1 Å². The molecule has 0 radical (unpaired) electrons. The molecule has 0 aliphatic carbocycles. The van der Waals surface area contributed by atoms with Gasteiger partial charge in [-0.1, -0.05) is 30.3 Å². The van der Waals surface area contributed by atoms with Gasteiger partial charge in [-0.15, -0.1) is 0 Å². The van der Waals surface area contributed by atoms with E-state index in [0.717, 1.165) is 12.2 Å². The van der Waals surface area contributed by atoms with Crippen LogP contribution >= 0.6 is 11.8 Å². The number of thioether (sulfide) groups is 1. The SMILES string of the molecule is NC(=O)CNC(=O)CSCCc1ccccc1. The lowest BCUT2D eigenvalue weighted by atomic mass is 10.2. The fraction of sp³-hybridized carbons (Fsp3) is 0.333. The minimum absolute atomic E-state index is 0.0852. The van der Waals surface area contributed by atoms with E-state index >= 15 is 0 Å². The molecule has 2 amide bonds. The van der Waals surface area contributed by atoms with E-state index in [1.54, 1.807) is 11.8 Å². The summed E-state index contributed by atoms with van der Waals surface area (Å²) in [5, 5.41) is 2.45. The Morgan fingerprint density at radius 3 is 2.59 bits per heavy atom. The van der Waals surface area contributed by atoms with Gasteiger partial charge in [-0.05, 0) is 17.7 Å². The zero-order valence-electron chi connectivity index (χ0n) is 9.52. The first-order chi connectivity index (χ1) is 8.18. The highest BCUT2D eigenvalue weighted by atomic mass is 32.2. The van der Waals surface area contributed by atoms with Crippen LogP contribution in [0.1, 0.15) is 5.56 Å². The van der Waals surface area contributed by atoms with Gasteiger partial charge in [-0.25, -0.2) is 0 Å².